The van der Waals surface area contributed by atoms with Crippen LogP contribution in [0.25, 0.3) is 0 Å². The van der Waals surface area contributed by atoms with Gasteiger partial charge in [0.1, 0.15) is 0 Å². The van der Waals surface area contributed by atoms with E-state index in [0.29, 0.717) is 0 Å². The fourth-order valence-corrected chi connectivity index (χ4v) is 1.09. The second-order valence-electron chi connectivity index (χ2n) is 2.60. The molecule has 70 valence electrons. The maximum absolute atomic E-state index is 11.3. The molecule has 0 aromatic heterocycles. The average Bonchev–Trinajstić information content (AvgIpc) is 2.18. The van der Waals surface area contributed by atoms with Gasteiger partial charge in [-0.2, -0.15) is 0 Å². The van der Waals surface area contributed by atoms with Crippen LogP contribution >= 0.6 is 11.8 Å². The van der Waals surface area contributed by atoms with Crippen LogP contribution in [0.1, 0.15) is 0 Å². The Kier molecular flexibility index (Phi) is 3.73. The first-order chi connectivity index (χ1) is 6.25. The Morgan fingerprint density at radius 3 is 2.62 bits per heavy atom. The molecule has 0 unspecified atom stereocenters. The lowest BCUT2D eigenvalue weighted by molar-refractivity contribution is -0.117. The van der Waals surface area contributed by atoms with Crippen LogP contribution in [0.2, 0.25) is 0 Å². The van der Waals surface area contributed by atoms with Crippen molar-refractivity contribution in [3.63, 3.8) is 0 Å². The van der Waals surface area contributed by atoms with Gasteiger partial charge < -0.3 is 4.90 Å². The molecule has 1 aromatic rings. The average molecular weight is 199 g/mol. The van der Waals surface area contributed by atoms with Gasteiger partial charge in [0.15, 0.2) is 0 Å². The normalized spacial score (nSPS) is 9.69. The summed E-state index contributed by atoms with van der Waals surface area (Å²) in [5.74, 6) is -0.0683. The summed E-state index contributed by atoms with van der Waals surface area (Å²) in [6.07, 6.45) is 0. The molecule has 0 heterocycles. The number of rotatable bonds is 3. The van der Waals surface area contributed by atoms with Gasteiger partial charge in [0.05, 0.1) is 6.54 Å². The molecule has 13 heavy (non-hydrogen) atoms. The Morgan fingerprint density at radius 2 is 2.08 bits per heavy atom. The van der Waals surface area contributed by atoms with Gasteiger partial charge in [-0.15, -0.1) is 0 Å². The molecule has 0 aliphatic rings. The number of anilines is 1. The van der Waals surface area contributed by atoms with E-state index < -0.39 is 0 Å². The first kappa shape index (κ1) is 10.0. The fraction of sp³-hybridized carbons (Fsp3) is 0.222. The smallest absolute Gasteiger partial charge is 0.241 e. The van der Waals surface area contributed by atoms with Crippen molar-refractivity contribution in [2.45, 2.75) is 0 Å². The molecule has 4 heteroatoms. The number of carbonyl (C=O) groups is 1. The maximum Gasteiger partial charge on any atom is 0.241 e. The molecule has 0 fully saturated rings. The molecule has 0 spiro atoms. The van der Waals surface area contributed by atoms with Crippen LogP contribution in [0.5, 0.6) is 0 Å². The van der Waals surface area contributed by atoms with Crippen molar-refractivity contribution in [1.82, 2.24) is 4.84 Å². The van der Waals surface area contributed by atoms with E-state index in [-0.39, 0.29) is 12.5 Å². The zero-order valence-electron chi connectivity index (χ0n) is 7.33. The van der Waals surface area contributed by atoms with Crippen molar-refractivity contribution in [1.29, 1.82) is 0 Å². The molecule has 1 N–H and O–H groups in total. The second-order valence-corrected chi connectivity index (χ2v) is 2.87. The number of carbonyl (C=O) groups excluding carboxylic acids is 1. The molecule has 1 aromatic carbocycles. The molecule has 0 radical (unpaired) electrons. The predicted molar refractivity (Wildman–Crippen MR) is 53.7 cm³/mol. The minimum atomic E-state index is -0.0683. The van der Waals surface area contributed by atoms with Crippen molar-refractivity contribution in [2.75, 3.05) is 18.5 Å². The highest BCUT2D eigenvalue weighted by atomic mass is 35.5. The number of benzene rings is 1. The molecule has 0 saturated heterocycles. The van der Waals surface area contributed by atoms with E-state index in [4.69, 9.17) is 11.8 Å². The standard InChI is InChI=1S/C9H11ClN2O/c1-12(9(13)7-11-10)8-5-3-2-4-6-8/h2-6,11H,7H2,1H3. The van der Waals surface area contributed by atoms with Crippen LogP contribution < -0.4 is 9.74 Å². The lowest BCUT2D eigenvalue weighted by Crippen LogP contribution is -2.32. The monoisotopic (exact) mass is 198 g/mol. The van der Waals surface area contributed by atoms with E-state index >= 15 is 0 Å². The van der Waals surface area contributed by atoms with E-state index in [1.165, 1.54) is 0 Å². The number of para-hydroxylation sites is 1. The molecular weight excluding hydrogens is 188 g/mol. The van der Waals surface area contributed by atoms with Crippen LogP contribution in [0.4, 0.5) is 5.69 Å². The quantitative estimate of drug-likeness (QED) is 0.745. The van der Waals surface area contributed by atoms with E-state index in [9.17, 15) is 4.79 Å². The lowest BCUT2D eigenvalue weighted by atomic mass is 10.3. The third-order valence-electron chi connectivity index (χ3n) is 1.74. The number of nitrogens with one attached hydrogen (secondary N) is 1. The minimum absolute atomic E-state index is 0.0683. The van der Waals surface area contributed by atoms with Gasteiger partial charge in [-0.3, -0.25) is 4.79 Å². The highest BCUT2D eigenvalue weighted by Gasteiger charge is 2.08. The number of amides is 1. The summed E-state index contributed by atoms with van der Waals surface area (Å²) in [7, 11) is 1.71. The van der Waals surface area contributed by atoms with Crippen LogP contribution in [-0.4, -0.2) is 19.5 Å². The van der Waals surface area contributed by atoms with Crippen LogP contribution in [0.3, 0.4) is 0 Å². The van der Waals surface area contributed by atoms with Crippen LogP contribution in [-0.2, 0) is 4.79 Å². The lowest BCUT2D eigenvalue weighted by Gasteiger charge is -2.16. The largest absolute Gasteiger partial charge is 0.314 e. The van der Waals surface area contributed by atoms with E-state index in [1.807, 2.05) is 30.3 Å². The predicted octanol–water partition coefficient (Wildman–Crippen LogP) is 1.39. The van der Waals surface area contributed by atoms with Gasteiger partial charge in [0, 0.05) is 12.7 Å². The van der Waals surface area contributed by atoms with Gasteiger partial charge >= 0.3 is 0 Å². The molecule has 3 nitrogen and oxygen atoms in total. The summed E-state index contributed by atoms with van der Waals surface area (Å²) >= 11 is 5.23. The van der Waals surface area contributed by atoms with Crippen molar-refractivity contribution < 1.29 is 4.79 Å². The molecular formula is C9H11ClN2O. The first-order valence-electron chi connectivity index (χ1n) is 3.91. The van der Waals surface area contributed by atoms with E-state index in [2.05, 4.69) is 4.84 Å². The molecule has 0 saturated carbocycles. The summed E-state index contributed by atoms with van der Waals surface area (Å²) in [6, 6.07) is 9.40. The van der Waals surface area contributed by atoms with E-state index in [1.54, 1.807) is 11.9 Å². The summed E-state index contributed by atoms with van der Waals surface area (Å²) in [5, 5.41) is 0. The molecule has 1 amide bonds. The third kappa shape index (κ3) is 2.72. The first-order valence-corrected chi connectivity index (χ1v) is 4.28. The topological polar surface area (TPSA) is 32.3 Å². The Morgan fingerprint density at radius 1 is 1.46 bits per heavy atom. The fourth-order valence-electron chi connectivity index (χ4n) is 0.971. The zero-order valence-corrected chi connectivity index (χ0v) is 8.08. The Balaban J connectivity index is 2.68. The Hall–Kier alpha value is -1.06. The van der Waals surface area contributed by atoms with Crippen LogP contribution in [0.15, 0.2) is 30.3 Å². The van der Waals surface area contributed by atoms with E-state index in [0.717, 1.165) is 5.69 Å². The summed E-state index contributed by atoms with van der Waals surface area (Å²) in [4.78, 5) is 15.2. The van der Waals surface area contributed by atoms with Gasteiger partial charge in [-0.25, -0.2) is 4.84 Å². The SMILES string of the molecule is CN(C(=O)CNCl)c1ccccc1. The van der Waals surface area contributed by atoms with Gasteiger partial charge in [-0.1, -0.05) is 18.2 Å². The van der Waals surface area contributed by atoms with Gasteiger partial charge in [0.2, 0.25) is 5.91 Å². The molecule has 1 rings (SSSR count). The van der Waals surface area contributed by atoms with Crippen molar-refractivity contribution >= 4 is 23.4 Å². The zero-order chi connectivity index (χ0) is 9.68. The summed E-state index contributed by atoms with van der Waals surface area (Å²) < 4.78 is 0. The molecule has 0 aliphatic carbocycles. The summed E-state index contributed by atoms with van der Waals surface area (Å²) in [6.45, 7) is 0.132. The Bertz CT molecular complexity index is 276. The molecule has 0 bridgehead atoms. The third-order valence-corrected chi connectivity index (χ3v) is 1.87. The van der Waals surface area contributed by atoms with Crippen molar-refractivity contribution in [2.24, 2.45) is 0 Å². The number of halogens is 1. The number of likely N-dealkylation sites (N-methyl/N-ethyl adjacent to an activating group) is 1. The molecule has 0 aliphatic heterocycles. The summed E-state index contributed by atoms with van der Waals surface area (Å²) in [5.41, 5.74) is 0.861. The number of hydrogen-bond donors (Lipinski definition) is 1. The van der Waals surface area contributed by atoms with Gasteiger partial charge in [-0.05, 0) is 23.9 Å². The van der Waals surface area contributed by atoms with Gasteiger partial charge in [0.25, 0.3) is 0 Å². The molecule has 0 atom stereocenters. The minimum Gasteiger partial charge on any atom is -0.314 e. The maximum atomic E-state index is 11.3. The highest BCUT2D eigenvalue weighted by Crippen LogP contribution is 2.10. The van der Waals surface area contributed by atoms with Crippen LogP contribution in [0, 0.1) is 0 Å². The highest BCUT2D eigenvalue weighted by molar-refractivity contribution is 6.15. The second kappa shape index (κ2) is 4.84. The number of hydrogen-bond acceptors (Lipinski definition) is 2. The Labute approximate surface area is 82.4 Å². The van der Waals surface area contributed by atoms with Crippen molar-refractivity contribution in [3.05, 3.63) is 30.3 Å². The van der Waals surface area contributed by atoms with Crippen molar-refractivity contribution in [3.8, 4) is 0 Å². The number of nitrogens with zero attached hydrogens (tertiary/aromatic N) is 1.